The van der Waals surface area contributed by atoms with Gasteiger partial charge in [0.05, 0.1) is 64.9 Å². The SMILES string of the molecule is CC[C@H]1OC(=O)[C@H](C)[C@@H](OC2CC(C)(OC)C(OC(=O)NCCCCNC(=O)Nc3ccc4c(c3O)C(=O)C3=C(O)[C@]5(O)C(=O)C(C(N)=O)=C(O)[C@@H](N(C)C)[C@@H]5C[C@@H]3[C@]4(C)O)C(C)O2)[C@H](C)[C@@H](OC2OC(C)CC(N(C)C)C2O)[C@](C)(O)C[C@@H](C)[C@H](N)[C@H](C)[C@@H](O)[C@]1(C)O. The largest absolute Gasteiger partial charge is 0.510 e. The molecule has 0 saturated carbocycles. The Morgan fingerprint density at radius 3 is 2.03 bits per heavy atom. The maximum atomic E-state index is 14.6. The lowest BCUT2D eigenvalue weighted by molar-refractivity contribution is -0.318. The Hall–Kier alpha value is -5.64. The number of ether oxygens (including phenoxy) is 7. The molecule has 0 radical (unpaired) electrons. The summed E-state index contributed by atoms with van der Waals surface area (Å²) in [7, 11) is 8.05. The number of aliphatic hydroxyl groups is 8. The number of cyclic esters (lactones) is 1. The summed E-state index contributed by atoms with van der Waals surface area (Å²) in [6.07, 6.45) is -11.1. The van der Waals surface area contributed by atoms with Crippen LogP contribution in [0.1, 0.15) is 137 Å². The number of aromatic hydroxyl groups is 1. The van der Waals surface area contributed by atoms with Gasteiger partial charge in [-0.1, -0.05) is 33.8 Å². The minimum atomic E-state index is -2.95. The van der Waals surface area contributed by atoms with Crippen molar-refractivity contribution in [3.8, 4) is 5.75 Å². The number of nitrogens with two attached hydrogens (primary N) is 2. The van der Waals surface area contributed by atoms with Gasteiger partial charge in [-0.15, -0.1) is 0 Å². The number of benzene rings is 1. The first-order chi connectivity index (χ1) is 43.6. The number of hydrogen-bond donors (Lipinski definition) is 14. The molecular formula is C65H103N7O22. The summed E-state index contributed by atoms with van der Waals surface area (Å²) in [5, 5.41) is 114. The molecule has 3 aliphatic carbocycles. The number of amides is 4. The number of phenols is 1. The van der Waals surface area contributed by atoms with E-state index in [2.05, 4.69) is 16.0 Å². The van der Waals surface area contributed by atoms with E-state index < -0.39 is 200 Å². The molecule has 4 amide bonds. The molecule has 7 rings (SSSR count). The molecule has 3 aliphatic heterocycles. The van der Waals surface area contributed by atoms with Crippen molar-refractivity contribution in [3.05, 3.63) is 45.9 Å². The van der Waals surface area contributed by atoms with Crippen molar-refractivity contribution < 1.29 is 108 Å². The number of esters is 1. The van der Waals surface area contributed by atoms with E-state index in [1.54, 1.807) is 48.5 Å². The molecule has 0 spiro atoms. The van der Waals surface area contributed by atoms with Gasteiger partial charge in [-0.3, -0.25) is 24.1 Å². The van der Waals surface area contributed by atoms with Gasteiger partial charge < -0.3 is 111 Å². The Bertz CT molecular complexity index is 3050. The minimum Gasteiger partial charge on any atom is -0.510 e. The highest BCUT2D eigenvalue weighted by Crippen LogP contribution is 2.57. The van der Waals surface area contributed by atoms with Gasteiger partial charge >= 0.3 is 18.1 Å². The van der Waals surface area contributed by atoms with Crippen LogP contribution < -0.4 is 27.4 Å². The predicted octanol–water partition coefficient (Wildman–Crippen LogP) is 1.98. The van der Waals surface area contributed by atoms with Crippen LogP contribution in [0.25, 0.3) is 0 Å². The Morgan fingerprint density at radius 1 is 0.819 bits per heavy atom. The average molecular weight is 1330 g/mol. The molecule has 3 saturated heterocycles. The van der Waals surface area contributed by atoms with Crippen molar-refractivity contribution in [2.45, 2.75) is 229 Å². The fraction of sp³-hybridized carbons (Fsp3) is 0.754. The summed E-state index contributed by atoms with van der Waals surface area (Å²) in [6, 6.07) is -0.730. The quantitative estimate of drug-likeness (QED) is 0.0487. The van der Waals surface area contributed by atoms with E-state index in [0.717, 1.165) is 0 Å². The molecule has 16 N–H and O–H groups in total. The molecule has 0 bridgehead atoms. The van der Waals surface area contributed by atoms with Crippen LogP contribution in [0.3, 0.4) is 0 Å². The molecule has 29 heteroatoms. The topological polar surface area (TPSA) is 444 Å². The predicted molar refractivity (Wildman–Crippen MR) is 337 cm³/mol. The number of carbonyl (C=O) groups is 6. The number of anilines is 1. The number of methoxy groups -OCH3 is 1. The van der Waals surface area contributed by atoms with Gasteiger partial charge in [-0.05, 0) is 133 Å². The number of hydrogen-bond acceptors (Lipinski definition) is 25. The van der Waals surface area contributed by atoms with E-state index >= 15 is 0 Å². The molecule has 3 fully saturated rings. The molecule has 6 aliphatic rings. The standard InChI is InChI=1S/C65H103N7O22/c1-17-39-64(11,86)51(77)30(4)44(66)28(2)26-61(8,84)54(93-58-47(74)38(71(12)13)24-29(3)89-58)31(5)50(32(6)57(81)91-39)92-40-27-62(9,88-16)55(33(7)90-40)94-60(83)69-23-19-18-22-68-59(82)70-37-21-20-34-41(46(37)73)48(75)42-35(63(34,10)85)25-36-45(72(14)15)49(76)43(56(67)80)53(79)65(36,87)52(42)78/h20-21,28-33,35-36,38-40,44-45,47,50-51,54-55,58,73-74,76-78,84-87H,17-19,22-27,66H2,1-16H3,(H2,67,80)(H,69,83)(H2,68,70,82)/t28-,29?,30+,31+,32-,33?,35+,36+,38?,39-,40?,44+,45+,47?,50+,51-,54-,55?,58?,61-,62?,63-,64-,65+/m1/s1. The Morgan fingerprint density at radius 2 is 1.45 bits per heavy atom. The lowest BCUT2D eigenvalue weighted by Gasteiger charge is -2.52. The van der Waals surface area contributed by atoms with Crippen molar-refractivity contribution in [2.24, 2.45) is 47.0 Å². The number of unbranched alkanes of at least 4 members (excludes halogenated alkanes) is 1. The van der Waals surface area contributed by atoms with Gasteiger partial charge in [0.25, 0.3) is 5.91 Å². The lowest BCUT2D eigenvalue weighted by atomic mass is 9.55. The van der Waals surface area contributed by atoms with Crippen LogP contribution in [0.4, 0.5) is 15.3 Å². The molecule has 8 unspecified atom stereocenters. The van der Waals surface area contributed by atoms with Crippen LogP contribution >= 0.6 is 0 Å². The number of nitrogens with one attached hydrogen (secondary N) is 3. The number of Topliss-reactive ketones (excluding diaryl/α,β-unsaturated/α-hetero) is 2. The lowest BCUT2D eigenvalue weighted by Crippen LogP contribution is -2.65. The van der Waals surface area contributed by atoms with Crippen molar-refractivity contribution in [3.63, 3.8) is 0 Å². The second kappa shape index (κ2) is 28.8. The highest BCUT2D eigenvalue weighted by molar-refractivity contribution is 6.25. The van der Waals surface area contributed by atoms with Crippen molar-refractivity contribution in [2.75, 3.05) is 53.7 Å². The number of carbonyl (C=O) groups excluding carboxylic acids is 6. The molecule has 1 aromatic rings. The van der Waals surface area contributed by atoms with Crippen LogP contribution in [-0.4, -0.2) is 242 Å². The number of urea groups is 1. The summed E-state index contributed by atoms with van der Waals surface area (Å²) >= 11 is 0. The van der Waals surface area contributed by atoms with E-state index in [-0.39, 0.29) is 62.2 Å². The van der Waals surface area contributed by atoms with E-state index in [1.807, 2.05) is 32.8 Å². The molecule has 3 heterocycles. The van der Waals surface area contributed by atoms with Crippen molar-refractivity contribution >= 4 is 41.3 Å². The molecule has 24 atom stereocenters. The van der Waals surface area contributed by atoms with Gasteiger partial charge in [0.1, 0.15) is 40.5 Å². The Kier molecular flexibility index (Phi) is 23.2. The number of phenolic OH excluding ortho intramolecular Hbond substituents is 1. The average Bonchev–Trinajstić information content (AvgIpc) is 0.689. The highest BCUT2D eigenvalue weighted by atomic mass is 16.7. The molecular weight excluding hydrogens is 1230 g/mol. The third-order valence-electron chi connectivity index (χ3n) is 20.9. The van der Waals surface area contributed by atoms with E-state index in [1.165, 1.54) is 52.1 Å². The van der Waals surface area contributed by atoms with Crippen LogP contribution in [0.15, 0.2) is 34.8 Å². The third-order valence-corrected chi connectivity index (χ3v) is 20.9. The maximum absolute atomic E-state index is 14.6. The number of aliphatic hydroxyl groups excluding tert-OH is 4. The smallest absolute Gasteiger partial charge is 0.407 e. The zero-order valence-electron chi connectivity index (χ0n) is 56.9. The minimum absolute atomic E-state index is 0.0112. The van der Waals surface area contributed by atoms with E-state index in [0.29, 0.717) is 19.3 Å². The first-order valence-corrected chi connectivity index (χ1v) is 32.4. The number of ketones is 2. The molecule has 94 heavy (non-hydrogen) atoms. The maximum Gasteiger partial charge on any atom is 0.407 e. The number of alkyl carbamates (subject to hydrolysis) is 1. The first kappa shape index (κ1) is 75.7. The molecule has 1 aromatic carbocycles. The fourth-order valence-corrected chi connectivity index (χ4v) is 15.5. The number of likely N-dealkylation sites (N-methyl/N-ethyl adjacent to an activating group) is 2. The van der Waals surface area contributed by atoms with Gasteiger partial charge in [0.2, 0.25) is 5.78 Å². The van der Waals surface area contributed by atoms with Gasteiger partial charge in [-0.25, -0.2) is 9.59 Å². The first-order valence-electron chi connectivity index (χ1n) is 32.4. The molecule has 530 valence electrons. The van der Waals surface area contributed by atoms with Crippen molar-refractivity contribution in [1.82, 2.24) is 20.4 Å². The normalized spacial score (nSPS) is 40.8. The van der Waals surface area contributed by atoms with Crippen LogP contribution in [-0.2, 0) is 53.1 Å². The number of primary amides is 1. The second-order valence-electron chi connectivity index (χ2n) is 28.3. The molecule has 0 aromatic heterocycles. The van der Waals surface area contributed by atoms with Crippen LogP contribution in [0.2, 0.25) is 0 Å². The van der Waals surface area contributed by atoms with Gasteiger partial charge in [-0.2, -0.15) is 0 Å². The zero-order chi connectivity index (χ0) is 70.6. The number of rotatable bonds is 16. The highest BCUT2D eigenvalue weighted by Gasteiger charge is 2.66. The molecule has 29 nitrogen and oxygen atoms in total. The number of nitrogens with zero attached hydrogens (tertiary/aromatic N) is 2. The summed E-state index contributed by atoms with van der Waals surface area (Å²) in [4.78, 5) is 85.1. The zero-order valence-corrected chi connectivity index (χ0v) is 56.9. The van der Waals surface area contributed by atoms with Gasteiger partial charge in [0.15, 0.2) is 35.8 Å². The Labute approximate surface area is 548 Å². The monoisotopic (exact) mass is 1330 g/mol. The van der Waals surface area contributed by atoms with E-state index in [9.17, 15) is 74.7 Å². The summed E-state index contributed by atoms with van der Waals surface area (Å²) in [5.41, 5.74) is -0.313. The van der Waals surface area contributed by atoms with Crippen LogP contribution in [0.5, 0.6) is 5.75 Å². The second-order valence-corrected chi connectivity index (χ2v) is 28.3. The summed E-state index contributed by atoms with van der Waals surface area (Å²) in [6.45, 7) is 18.1. The van der Waals surface area contributed by atoms with Crippen molar-refractivity contribution in [1.29, 1.82) is 0 Å². The summed E-state index contributed by atoms with van der Waals surface area (Å²) < 4.78 is 44.4. The summed E-state index contributed by atoms with van der Waals surface area (Å²) in [5.74, 6) is -13.5. The fourth-order valence-electron chi connectivity index (χ4n) is 15.5. The van der Waals surface area contributed by atoms with E-state index in [4.69, 9.17) is 44.6 Å². The number of fused-ring (bicyclic) bond motifs is 3. The van der Waals surface area contributed by atoms with Crippen LogP contribution in [0, 0.1) is 35.5 Å². The third kappa shape index (κ3) is 14.4. The van der Waals surface area contributed by atoms with Gasteiger partial charge in [0, 0.05) is 67.9 Å². The Balaban J connectivity index is 1.00.